The second-order valence-corrected chi connectivity index (χ2v) is 6.47. The van der Waals surface area contributed by atoms with Crippen LogP contribution in [0.15, 0.2) is 83.3 Å². The highest BCUT2D eigenvalue weighted by Crippen LogP contribution is 2.43. The van der Waals surface area contributed by atoms with Crippen molar-refractivity contribution in [1.29, 1.82) is 0 Å². The zero-order valence-electron chi connectivity index (χ0n) is 13.8. The van der Waals surface area contributed by atoms with E-state index in [1.54, 1.807) is 11.3 Å². The topological polar surface area (TPSA) is 27.6 Å². The molecule has 128 valence electrons. The predicted molar refractivity (Wildman–Crippen MR) is 101 cm³/mol. The fourth-order valence-electron chi connectivity index (χ4n) is 3.19. The summed E-state index contributed by atoms with van der Waals surface area (Å²) < 4.78 is 0.457. The fraction of sp³-hybridized carbons (Fsp3) is 0.105. The van der Waals surface area contributed by atoms with Crippen LogP contribution in [0, 0.1) is 0 Å². The number of amidine groups is 1. The van der Waals surface area contributed by atoms with E-state index in [0.29, 0.717) is 4.59 Å². The Labute approximate surface area is 162 Å². The normalized spacial score (nSPS) is 19.8. The Bertz CT molecular complexity index is 836. The van der Waals surface area contributed by atoms with Crippen LogP contribution in [0.25, 0.3) is 0 Å². The molecule has 2 aromatic carbocycles. The van der Waals surface area contributed by atoms with Gasteiger partial charge in [-0.15, -0.1) is 9.69 Å². The molecule has 0 saturated carbocycles. The first kappa shape index (κ1) is 17.8. The van der Waals surface area contributed by atoms with E-state index in [1.165, 1.54) is 5.00 Å². The van der Waals surface area contributed by atoms with Gasteiger partial charge in [-0.1, -0.05) is 47.7 Å². The molecule has 1 aliphatic heterocycles. The number of hydrazine groups is 1. The molecule has 1 unspecified atom stereocenters. The minimum absolute atomic E-state index is 0. The van der Waals surface area contributed by atoms with E-state index in [1.807, 2.05) is 12.1 Å². The van der Waals surface area contributed by atoms with Gasteiger partial charge in [-0.2, -0.15) is 5.53 Å². The van der Waals surface area contributed by atoms with Crippen molar-refractivity contribution in [2.24, 2.45) is 5.10 Å². The lowest BCUT2D eigenvalue weighted by Gasteiger charge is -2.36. The molecule has 4 rings (SSSR count). The number of rotatable bonds is 4. The van der Waals surface area contributed by atoms with Gasteiger partial charge < -0.3 is 17.0 Å². The molecular weight excluding hydrogens is 396 g/mol. The molecule has 0 aliphatic carbocycles. The van der Waals surface area contributed by atoms with Gasteiger partial charge in [0.15, 0.2) is 5.69 Å². The molecule has 0 spiro atoms. The van der Waals surface area contributed by atoms with Crippen LogP contribution in [0.1, 0.15) is 12.5 Å². The molecule has 1 aliphatic rings. The number of hydrazone groups is 1. The first-order chi connectivity index (χ1) is 11.9. The molecule has 1 atom stereocenters. The highest BCUT2D eigenvalue weighted by atomic mass is 79.9. The van der Waals surface area contributed by atoms with Crippen molar-refractivity contribution in [2.75, 3.05) is 6.54 Å². The number of benzene rings is 2. The second kappa shape index (κ2) is 7.49. The van der Waals surface area contributed by atoms with Crippen LogP contribution in [-0.4, -0.2) is 17.5 Å². The fourth-order valence-corrected chi connectivity index (χ4v) is 4.09. The summed E-state index contributed by atoms with van der Waals surface area (Å²) in [6, 6.07) is 25.2. The van der Waals surface area contributed by atoms with Crippen molar-refractivity contribution < 1.29 is 17.0 Å². The van der Waals surface area contributed by atoms with E-state index in [4.69, 9.17) is 5.10 Å². The zero-order chi connectivity index (χ0) is 16.4. The smallest absolute Gasteiger partial charge is 0.285 e. The third-order valence-corrected chi connectivity index (χ3v) is 5.16. The van der Waals surface area contributed by atoms with Gasteiger partial charge in [-0.05, 0) is 35.6 Å². The molecule has 4 nitrogen and oxygen atoms in total. The lowest BCUT2D eigenvalue weighted by molar-refractivity contribution is -0.00000471. The second-order valence-electron chi connectivity index (χ2n) is 5.54. The number of nitrogens with zero attached hydrogens (tertiary/aromatic N) is 3. The quantitative estimate of drug-likeness (QED) is 0.655. The molecule has 2 heterocycles. The van der Waals surface area contributed by atoms with Gasteiger partial charge in [-0.25, -0.2) is 0 Å². The first-order valence-corrected chi connectivity index (χ1v) is 8.91. The lowest BCUT2D eigenvalue weighted by atomic mass is 10.1. The minimum atomic E-state index is 0. The van der Waals surface area contributed by atoms with Gasteiger partial charge in [-0.3, -0.25) is 0 Å². The van der Waals surface area contributed by atoms with E-state index in [-0.39, 0.29) is 17.0 Å². The van der Waals surface area contributed by atoms with Crippen molar-refractivity contribution in [3.05, 3.63) is 83.7 Å². The summed E-state index contributed by atoms with van der Waals surface area (Å²) in [6.45, 7) is 2.95. The molecule has 6 heteroatoms. The molecule has 0 fully saturated rings. The molecular formula is C19H19BrN4S. The number of hydrogen-bond acceptors (Lipinski definition) is 4. The van der Waals surface area contributed by atoms with Gasteiger partial charge in [0.05, 0.1) is 12.1 Å². The van der Waals surface area contributed by atoms with Crippen LogP contribution in [0.4, 0.5) is 10.7 Å². The summed E-state index contributed by atoms with van der Waals surface area (Å²) in [5.74, 6) is 0.978. The minimum Gasteiger partial charge on any atom is -1.00 e. The Balaban J connectivity index is 0.00000182. The summed E-state index contributed by atoms with van der Waals surface area (Å²) in [5, 5.41) is 10.2. The number of hydrogen-bond donors (Lipinski definition) is 1. The Hall–Kier alpha value is -1.99. The molecule has 1 N–H and O–H groups in total. The van der Waals surface area contributed by atoms with Crippen LogP contribution in [0.2, 0.25) is 0 Å². The maximum absolute atomic E-state index is 4.72. The molecule has 1 aromatic heterocycles. The third kappa shape index (κ3) is 2.81. The van der Waals surface area contributed by atoms with E-state index < -0.39 is 0 Å². The Morgan fingerprint density at radius 1 is 0.960 bits per heavy atom. The number of para-hydroxylation sites is 1. The van der Waals surface area contributed by atoms with E-state index in [2.05, 4.69) is 83.6 Å². The zero-order valence-corrected chi connectivity index (χ0v) is 16.2. The summed E-state index contributed by atoms with van der Waals surface area (Å²) in [6.07, 6.45) is 0. The average molecular weight is 415 g/mol. The van der Waals surface area contributed by atoms with Gasteiger partial charge in [0.1, 0.15) is 0 Å². The number of nitrogens with one attached hydrogen (secondary N) is 1. The summed E-state index contributed by atoms with van der Waals surface area (Å²) >= 11 is 1.74. The highest BCUT2D eigenvalue weighted by molar-refractivity contribution is 7.14. The standard InChI is InChI=1S/C19H19N4S.BrH/c1-2-22-21-20-19(16-10-5-3-6-11-16)23(22,18-14-9-15-24-18)17-12-7-4-8-13-17;/h3-15,21H,2H2,1H3;1H/q+1;/p-1. The lowest BCUT2D eigenvalue weighted by Crippen LogP contribution is -3.00. The molecule has 0 radical (unpaired) electrons. The largest absolute Gasteiger partial charge is 1.00 e. The average Bonchev–Trinajstić information content (AvgIpc) is 3.31. The predicted octanol–water partition coefficient (Wildman–Crippen LogP) is 1.51. The Morgan fingerprint density at radius 2 is 1.64 bits per heavy atom. The van der Waals surface area contributed by atoms with E-state index in [9.17, 15) is 0 Å². The summed E-state index contributed by atoms with van der Waals surface area (Å²) in [5.41, 5.74) is 5.50. The number of thiophene rings is 1. The van der Waals surface area contributed by atoms with Crippen LogP contribution < -0.4 is 27.1 Å². The summed E-state index contributed by atoms with van der Waals surface area (Å²) in [4.78, 5) is 0. The van der Waals surface area contributed by atoms with E-state index in [0.717, 1.165) is 23.6 Å². The molecule has 0 amide bonds. The Morgan fingerprint density at radius 3 is 2.24 bits per heavy atom. The maximum atomic E-state index is 4.72. The van der Waals surface area contributed by atoms with Crippen molar-refractivity contribution in [3.63, 3.8) is 0 Å². The molecule has 25 heavy (non-hydrogen) atoms. The van der Waals surface area contributed by atoms with Crippen LogP contribution >= 0.6 is 11.3 Å². The van der Waals surface area contributed by atoms with E-state index >= 15 is 0 Å². The molecule has 3 aromatic rings. The van der Waals surface area contributed by atoms with Crippen LogP contribution in [0.5, 0.6) is 0 Å². The number of halogens is 1. The van der Waals surface area contributed by atoms with Crippen molar-refractivity contribution in [2.45, 2.75) is 6.92 Å². The van der Waals surface area contributed by atoms with Crippen LogP contribution in [-0.2, 0) is 0 Å². The monoisotopic (exact) mass is 414 g/mol. The van der Waals surface area contributed by atoms with Crippen LogP contribution in [0.3, 0.4) is 0 Å². The maximum Gasteiger partial charge on any atom is 0.285 e. The Kier molecular flexibility index (Phi) is 5.34. The summed E-state index contributed by atoms with van der Waals surface area (Å²) in [7, 11) is 0. The molecule has 0 saturated heterocycles. The van der Waals surface area contributed by atoms with Gasteiger partial charge in [0.2, 0.25) is 5.00 Å². The van der Waals surface area contributed by atoms with Gasteiger partial charge >= 0.3 is 0 Å². The first-order valence-electron chi connectivity index (χ1n) is 8.03. The van der Waals surface area contributed by atoms with Gasteiger partial charge in [0.25, 0.3) is 5.84 Å². The third-order valence-electron chi connectivity index (χ3n) is 4.23. The van der Waals surface area contributed by atoms with Gasteiger partial charge in [0, 0.05) is 18.2 Å². The molecule has 0 bridgehead atoms. The number of quaternary nitrogens is 1. The SMILES string of the molecule is CCN1NN=C(c2ccccc2)[N+]1(c1ccccc1)c1cccs1.[Br-]. The highest BCUT2D eigenvalue weighted by Gasteiger charge is 2.51. The van der Waals surface area contributed by atoms with Crippen molar-refractivity contribution >= 4 is 27.9 Å². The van der Waals surface area contributed by atoms with Crippen molar-refractivity contribution in [3.8, 4) is 0 Å². The van der Waals surface area contributed by atoms with Crippen molar-refractivity contribution in [1.82, 2.24) is 15.2 Å².